The molecule has 1 amide bonds. The number of nitrogens with one attached hydrogen (secondary N) is 1. The van der Waals surface area contributed by atoms with Gasteiger partial charge in [-0.1, -0.05) is 12.1 Å². The van der Waals surface area contributed by atoms with E-state index in [1.54, 1.807) is 24.3 Å². The van der Waals surface area contributed by atoms with Gasteiger partial charge >= 0.3 is 0 Å². The van der Waals surface area contributed by atoms with Crippen molar-refractivity contribution in [2.45, 2.75) is 25.4 Å². The number of ether oxygens (including phenoxy) is 2. The van der Waals surface area contributed by atoms with Crippen molar-refractivity contribution in [3.05, 3.63) is 29.8 Å². The van der Waals surface area contributed by atoms with Crippen LogP contribution in [0.1, 0.15) is 24.8 Å². The topological polar surface area (TPSA) is 71.4 Å². The Hall–Kier alpha value is -1.90. The summed E-state index contributed by atoms with van der Waals surface area (Å²) in [5, 5.41) is 11.6. The normalized spacial score (nSPS) is 17.6. The summed E-state index contributed by atoms with van der Waals surface area (Å²) in [4.78, 5) is 11.7. The monoisotopic (exact) mass is 274 g/mol. The third kappa shape index (κ3) is 4.34. The first-order valence-corrected chi connectivity index (χ1v) is 6.78. The lowest BCUT2D eigenvalue weighted by Gasteiger charge is -2.10. The van der Waals surface area contributed by atoms with Crippen molar-refractivity contribution in [3.63, 3.8) is 0 Å². The highest BCUT2D eigenvalue weighted by molar-refractivity contribution is 5.92. The van der Waals surface area contributed by atoms with Gasteiger partial charge in [-0.05, 0) is 25.0 Å². The van der Waals surface area contributed by atoms with E-state index in [0.717, 1.165) is 19.4 Å². The number of carbonyl (C=O) groups excluding carboxylic acids is 1. The molecule has 1 fully saturated rings. The van der Waals surface area contributed by atoms with Gasteiger partial charge in [0.1, 0.15) is 6.07 Å². The van der Waals surface area contributed by atoms with Crippen LogP contribution in [-0.4, -0.2) is 31.8 Å². The van der Waals surface area contributed by atoms with Gasteiger partial charge in [0, 0.05) is 6.61 Å². The van der Waals surface area contributed by atoms with Gasteiger partial charge in [0.15, 0.2) is 0 Å². The smallest absolute Gasteiger partial charge is 0.226 e. The summed E-state index contributed by atoms with van der Waals surface area (Å²) in [5.41, 5.74) is 1.00. The highest BCUT2D eigenvalue weighted by atomic mass is 16.5. The number of amides is 1. The Balaban J connectivity index is 1.68. The lowest BCUT2D eigenvalue weighted by atomic mass is 10.2. The van der Waals surface area contributed by atoms with Crippen LogP contribution in [-0.2, 0) is 14.3 Å². The highest BCUT2D eigenvalue weighted by Crippen LogP contribution is 2.14. The molecule has 1 saturated heterocycles. The van der Waals surface area contributed by atoms with Gasteiger partial charge in [-0.25, -0.2) is 0 Å². The van der Waals surface area contributed by atoms with Gasteiger partial charge in [0.25, 0.3) is 0 Å². The minimum absolute atomic E-state index is 0.153. The van der Waals surface area contributed by atoms with E-state index in [-0.39, 0.29) is 18.4 Å². The van der Waals surface area contributed by atoms with Gasteiger partial charge in [-0.15, -0.1) is 0 Å². The summed E-state index contributed by atoms with van der Waals surface area (Å²) in [6.45, 7) is 1.71. The van der Waals surface area contributed by atoms with Gasteiger partial charge in [-0.3, -0.25) is 4.79 Å². The van der Waals surface area contributed by atoms with Crippen molar-refractivity contribution in [2.75, 3.05) is 25.1 Å². The summed E-state index contributed by atoms with van der Waals surface area (Å²) < 4.78 is 10.9. The Bertz CT molecular complexity index is 490. The molecule has 106 valence electrons. The Morgan fingerprint density at radius 3 is 3.10 bits per heavy atom. The average Bonchev–Trinajstić information content (AvgIpc) is 2.97. The van der Waals surface area contributed by atoms with Crippen molar-refractivity contribution < 1.29 is 14.3 Å². The van der Waals surface area contributed by atoms with Crippen molar-refractivity contribution in [2.24, 2.45) is 0 Å². The Kier molecular flexibility index (Phi) is 5.54. The standard InChI is InChI=1S/C15H18N2O3/c16-10-12-4-1-2-6-14(12)17-15(18)7-9-19-11-13-5-3-8-20-13/h1-2,4,6,13H,3,5,7-9,11H2,(H,17,18). The third-order valence-electron chi connectivity index (χ3n) is 3.12. The number of benzene rings is 1. The molecule has 1 aromatic carbocycles. The van der Waals surface area contributed by atoms with Gasteiger partial charge < -0.3 is 14.8 Å². The summed E-state index contributed by atoms with van der Waals surface area (Å²) in [6.07, 6.45) is 2.56. The maximum absolute atomic E-state index is 11.7. The zero-order valence-corrected chi connectivity index (χ0v) is 11.3. The number of nitriles is 1. The van der Waals surface area contributed by atoms with E-state index in [0.29, 0.717) is 24.5 Å². The summed E-state index contributed by atoms with van der Waals surface area (Å²) in [6, 6.07) is 8.97. The molecule has 0 aliphatic carbocycles. The van der Waals surface area contributed by atoms with Crippen LogP contribution in [0.3, 0.4) is 0 Å². The van der Waals surface area contributed by atoms with Crippen molar-refractivity contribution in [1.82, 2.24) is 0 Å². The fourth-order valence-corrected chi connectivity index (χ4v) is 2.06. The zero-order valence-electron chi connectivity index (χ0n) is 11.3. The zero-order chi connectivity index (χ0) is 14.2. The predicted molar refractivity (Wildman–Crippen MR) is 74.2 cm³/mol. The summed E-state index contributed by atoms with van der Waals surface area (Å²) in [7, 11) is 0. The van der Waals surface area contributed by atoms with Gasteiger partial charge in [0.2, 0.25) is 5.91 Å². The Morgan fingerprint density at radius 2 is 2.35 bits per heavy atom. The molecule has 0 saturated carbocycles. The predicted octanol–water partition coefficient (Wildman–Crippen LogP) is 2.08. The molecule has 1 unspecified atom stereocenters. The second kappa shape index (κ2) is 7.63. The van der Waals surface area contributed by atoms with Crippen LogP contribution in [0, 0.1) is 11.3 Å². The SMILES string of the molecule is N#Cc1ccccc1NC(=O)CCOCC1CCCO1. The fraction of sp³-hybridized carbons (Fsp3) is 0.467. The second-order valence-electron chi connectivity index (χ2n) is 4.67. The number of nitrogens with zero attached hydrogens (tertiary/aromatic N) is 1. The molecule has 1 N–H and O–H groups in total. The van der Waals surface area contributed by atoms with E-state index in [2.05, 4.69) is 5.32 Å². The van der Waals surface area contributed by atoms with E-state index in [4.69, 9.17) is 14.7 Å². The lowest BCUT2D eigenvalue weighted by Crippen LogP contribution is -2.18. The van der Waals surface area contributed by atoms with E-state index < -0.39 is 0 Å². The highest BCUT2D eigenvalue weighted by Gasteiger charge is 2.15. The average molecular weight is 274 g/mol. The molecule has 0 aromatic heterocycles. The Labute approximate surface area is 118 Å². The first-order chi connectivity index (χ1) is 9.79. The molecular formula is C15H18N2O3. The van der Waals surface area contributed by atoms with Crippen LogP contribution in [0.4, 0.5) is 5.69 Å². The molecule has 5 nitrogen and oxygen atoms in total. The first-order valence-electron chi connectivity index (χ1n) is 6.78. The van der Waals surface area contributed by atoms with E-state index in [1.807, 2.05) is 6.07 Å². The lowest BCUT2D eigenvalue weighted by molar-refractivity contribution is -0.117. The van der Waals surface area contributed by atoms with Crippen LogP contribution in [0.5, 0.6) is 0 Å². The third-order valence-corrected chi connectivity index (χ3v) is 3.12. The van der Waals surface area contributed by atoms with Crippen LogP contribution >= 0.6 is 0 Å². The number of hydrogen-bond acceptors (Lipinski definition) is 4. The maximum atomic E-state index is 11.7. The largest absolute Gasteiger partial charge is 0.378 e. The van der Waals surface area contributed by atoms with Gasteiger partial charge in [0.05, 0.1) is 37.0 Å². The number of carbonyl (C=O) groups is 1. The van der Waals surface area contributed by atoms with Crippen LogP contribution in [0.2, 0.25) is 0 Å². The summed E-state index contributed by atoms with van der Waals surface area (Å²) in [5.74, 6) is -0.153. The number of rotatable bonds is 6. The van der Waals surface area contributed by atoms with Crippen molar-refractivity contribution in [1.29, 1.82) is 5.26 Å². The molecule has 1 aromatic rings. The van der Waals surface area contributed by atoms with Crippen LogP contribution in [0.25, 0.3) is 0 Å². The van der Waals surface area contributed by atoms with Crippen LogP contribution in [0.15, 0.2) is 24.3 Å². The molecule has 0 radical (unpaired) electrons. The Morgan fingerprint density at radius 1 is 1.50 bits per heavy atom. The minimum atomic E-state index is -0.153. The molecule has 5 heteroatoms. The van der Waals surface area contributed by atoms with Crippen LogP contribution < -0.4 is 5.32 Å². The van der Waals surface area contributed by atoms with Crippen molar-refractivity contribution in [3.8, 4) is 6.07 Å². The quantitative estimate of drug-likeness (QED) is 0.806. The molecule has 0 bridgehead atoms. The number of para-hydroxylation sites is 1. The number of anilines is 1. The fourth-order valence-electron chi connectivity index (χ4n) is 2.06. The van der Waals surface area contributed by atoms with E-state index >= 15 is 0 Å². The van der Waals surface area contributed by atoms with E-state index in [9.17, 15) is 4.79 Å². The van der Waals surface area contributed by atoms with E-state index in [1.165, 1.54) is 0 Å². The molecule has 1 atom stereocenters. The maximum Gasteiger partial charge on any atom is 0.226 e. The molecule has 0 spiro atoms. The molecule has 20 heavy (non-hydrogen) atoms. The first kappa shape index (κ1) is 14.5. The molecule has 2 rings (SSSR count). The molecule has 1 aliphatic heterocycles. The van der Waals surface area contributed by atoms with Crippen molar-refractivity contribution >= 4 is 11.6 Å². The molecule has 1 heterocycles. The van der Waals surface area contributed by atoms with Gasteiger partial charge in [-0.2, -0.15) is 5.26 Å². The second-order valence-corrected chi connectivity index (χ2v) is 4.67. The number of hydrogen-bond donors (Lipinski definition) is 1. The molecular weight excluding hydrogens is 256 g/mol. The molecule has 1 aliphatic rings. The summed E-state index contributed by atoms with van der Waals surface area (Å²) >= 11 is 0. The minimum Gasteiger partial charge on any atom is -0.378 e.